The number of methoxy groups -OCH3 is 1. The second-order valence-corrected chi connectivity index (χ2v) is 4.99. The summed E-state index contributed by atoms with van der Waals surface area (Å²) in [6, 6.07) is 0.278. The van der Waals surface area contributed by atoms with E-state index in [1.54, 1.807) is 7.11 Å². The average molecular weight is 257 g/mol. The van der Waals surface area contributed by atoms with E-state index in [0.29, 0.717) is 6.54 Å². The molecule has 1 amide bonds. The molecule has 1 saturated heterocycles. The lowest BCUT2D eigenvalue weighted by atomic mass is 10.2. The highest BCUT2D eigenvalue weighted by Crippen LogP contribution is 2.01. The molecule has 1 aliphatic heterocycles. The molecule has 1 N–H and O–H groups in total. The number of piperazine rings is 1. The van der Waals surface area contributed by atoms with Crippen molar-refractivity contribution in [3.8, 4) is 0 Å². The molecule has 1 unspecified atom stereocenters. The summed E-state index contributed by atoms with van der Waals surface area (Å²) in [5.74, 6) is 0.148. The van der Waals surface area contributed by atoms with Crippen molar-refractivity contribution in [1.82, 2.24) is 15.1 Å². The van der Waals surface area contributed by atoms with E-state index in [1.807, 2.05) is 6.92 Å². The van der Waals surface area contributed by atoms with Gasteiger partial charge in [-0.3, -0.25) is 14.6 Å². The number of nitrogens with one attached hydrogen (secondary N) is 1. The normalized spacial score (nSPS) is 19.7. The molecule has 0 aliphatic carbocycles. The van der Waals surface area contributed by atoms with E-state index in [-0.39, 0.29) is 11.9 Å². The topological polar surface area (TPSA) is 44.8 Å². The van der Waals surface area contributed by atoms with Crippen LogP contribution in [0.4, 0.5) is 0 Å². The fourth-order valence-electron chi connectivity index (χ4n) is 2.02. The Balaban J connectivity index is 2.16. The largest absolute Gasteiger partial charge is 0.383 e. The van der Waals surface area contributed by atoms with Gasteiger partial charge in [-0.1, -0.05) is 6.92 Å². The van der Waals surface area contributed by atoms with Crippen molar-refractivity contribution in [1.29, 1.82) is 0 Å². The summed E-state index contributed by atoms with van der Waals surface area (Å²) in [5, 5.41) is 3.01. The number of carbonyl (C=O) groups is 1. The fourth-order valence-corrected chi connectivity index (χ4v) is 2.02. The Kier molecular flexibility index (Phi) is 7.23. The van der Waals surface area contributed by atoms with Gasteiger partial charge in [0.1, 0.15) is 0 Å². The first-order valence-corrected chi connectivity index (χ1v) is 6.88. The highest BCUT2D eigenvalue weighted by atomic mass is 16.5. The van der Waals surface area contributed by atoms with Crippen molar-refractivity contribution in [3.63, 3.8) is 0 Å². The molecule has 0 saturated carbocycles. The predicted octanol–water partition coefficient (Wildman–Crippen LogP) is 0.165. The van der Waals surface area contributed by atoms with Gasteiger partial charge in [0.25, 0.3) is 0 Å². The van der Waals surface area contributed by atoms with Crippen LogP contribution in [0.1, 0.15) is 20.3 Å². The van der Waals surface area contributed by atoms with E-state index in [9.17, 15) is 4.79 Å². The molecule has 18 heavy (non-hydrogen) atoms. The molecular formula is C13H27N3O2. The van der Waals surface area contributed by atoms with E-state index >= 15 is 0 Å². The molecule has 1 fully saturated rings. The molecule has 0 spiro atoms. The van der Waals surface area contributed by atoms with Gasteiger partial charge in [-0.25, -0.2) is 0 Å². The average Bonchev–Trinajstić information content (AvgIpc) is 2.37. The Hall–Kier alpha value is -0.650. The lowest BCUT2D eigenvalue weighted by Gasteiger charge is -2.34. The molecule has 0 aromatic carbocycles. The second kappa shape index (κ2) is 8.45. The van der Waals surface area contributed by atoms with Gasteiger partial charge in [0, 0.05) is 45.9 Å². The quantitative estimate of drug-likeness (QED) is 0.706. The number of hydrogen-bond donors (Lipinski definition) is 1. The molecule has 0 bridgehead atoms. The monoisotopic (exact) mass is 257 g/mol. The zero-order chi connectivity index (χ0) is 13.4. The third kappa shape index (κ3) is 5.80. The minimum Gasteiger partial charge on any atom is -0.383 e. The zero-order valence-electron chi connectivity index (χ0n) is 11.9. The van der Waals surface area contributed by atoms with Crippen LogP contribution in [0.5, 0.6) is 0 Å². The van der Waals surface area contributed by atoms with Crippen LogP contribution >= 0.6 is 0 Å². The van der Waals surface area contributed by atoms with Gasteiger partial charge in [0.05, 0.1) is 13.2 Å². The Bertz CT molecular complexity index is 240. The molecule has 1 heterocycles. The maximum Gasteiger partial charge on any atom is 0.234 e. The van der Waals surface area contributed by atoms with Gasteiger partial charge in [-0.05, 0) is 13.3 Å². The van der Waals surface area contributed by atoms with Crippen molar-refractivity contribution < 1.29 is 9.53 Å². The highest BCUT2D eigenvalue weighted by Gasteiger charge is 2.18. The van der Waals surface area contributed by atoms with Crippen LogP contribution in [-0.4, -0.2) is 74.7 Å². The molecule has 0 radical (unpaired) electrons. The maximum atomic E-state index is 11.7. The van der Waals surface area contributed by atoms with Crippen molar-refractivity contribution in [2.45, 2.75) is 26.3 Å². The number of hydrogen-bond acceptors (Lipinski definition) is 4. The predicted molar refractivity (Wildman–Crippen MR) is 72.7 cm³/mol. The Labute approximate surface area is 110 Å². The summed E-state index contributed by atoms with van der Waals surface area (Å²) < 4.78 is 5.07. The summed E-state index contributed by atoms with van der Waals surface area (Å²) in [6.45, 7) is 10.4. The summed E-state index contributed by atoms with van der Waals surface area (Å²) in [4.78, 5) is 16.4. The number of nitrogens with zero attached hydrogens (tertiary/aromatic N) is 2. The van der Waals surface area contributed by atoms with E-state index < -0.39 is 0 Å². The van der Waals surface area contributed by atoms with Crippen LogP contribution in [0, 0.1) is 0 Å². The third-order valence-corrected chi connectivity index (χ3v) is 3.46. The Morgan fingerprint density at radius 3 is 2.44 bits per heavy atom. The third-order valence-electron chi connectivity index (χ3n) is 3.46. The van der Waals surface area contributed by atoms with Crippen LogP contribution in [0.3, 0.4) is 0 Å². The van der Waals surface area contributed by atoms with Gasteiger partial charge in [0.15, 0.2) is 0 Å². The van der Waals surface area contributed by atoms with E-state index in [2.05, 4.69) is 22.0 Å². The minimum absolute atomic E-state index is 0.148. The molecule has 106 valence electrons. The van der Waals surface area contributed by atoms with Gasteiger partial charge in [-0.15, -0.1) is 0 Å². The Morgan fingerprint density at radius 2 is 1.89 bits per heavy atom. The van der Waals surface area contributed by atoms with Crippen LogP contribution < -0.4 is 5.32 Å². The van der Waals surface area contributed by atoms with Crippen molar-refractivity contribution in [2.24, 2.45) is 0 Å². The zero-order valence-corrected chi connectivity index (χ0v) is 11.9. The van der Waals surface area contributed by atoms with Gasteiger partial charge >= 0.3 is 0 Å². The Morgan fingerprint density at radius 1 is 1.28 bits per heavy atom. The summed E-state index contributed by atoms with van der Waals surface area (Å²) >= 11 is 0. The molecule has 0 aromatic rings. The van der Waals surface area contributed by atoms with Crippen LogP contribution in [-0.2, 0) is 9.53 Å². The first-order valence-electron chi connectivity index (χ1n) is 6.88. The molecule has 1 rings (SSSR count). The van der Waals surface area contributed by atoms with Crippen molar-refractivity contribution in [3.05, 3.63) is 0 Å². The van der Waals surface area contributed by atoms with Gasteiger partial charge < -0.3 is 10.1 Å². The summed E-state index contributed by atoms with van der Waals surface area (Å²) in [5.41, 5.74) is 0. The smallest absolute Gasteiger partial charge is 0.234 e. The number of carbonyl (C=O) groups excluding carboxylic acids is 1. The molecule has 1 atom stereocenters. The fraction of sp³-hybridized carbons (Fsp3) is 0.923. The first kappa shape index (κ1) is 15.4. The van der Waals surface area contributed by atoms with Gasteiger partial charge in [-0.2, -0.15) is 0 Å². The second-order valence-electron chi connectivity index (χ2n) is 4.99. The molecule has 5 heteroatoms. The number of rotatable bonds is 7. The van der Waals surface area contributed by atoms with Crippen LogP contribution in [0.25, 0.3) is 0 Å². The first-order chi connectivity index (χ1) is 8.65. The lowest BCUT2D eigenvalue weighted by molar-refractivity contribution is -0.123. The highest BCUT2D eigenvalue weighted by molar-refractivity contribution is 5.78. The maximum absolute atomic E-state index is 11.7. The minimum atomic E-state index is 0.148. The van der Waals surface area contributed by atoms with Crippen molar-refractivity contribution in [2.75, 3.05) is 53.0 Å². The van der Waals surface area contributed by atoms with Crippen LogP contribution in [0.2, 0.25) is 0 Å². The van der Waals surface area contributed by atoms with Crippen molar-refractivity contribution >= 4 is 5.91 Å². The molecule has 0 aromatic heterocycles. The standard InChI is InChI=1S/C13H27N3O2/c1-4-12(2)14-13(17)11-16-7-5-15(6-8-16)9-10-18-3/h12H,4-11H2,1-3H3,(H,14,17). The molecule has 5 nitrogen and oxygen atoms in total. The van der Waals surface area contributed by atoms with E-state index in [0.717, 1.165) is 45.8 Å². The summed E-state index contributed by atoms with van der Waals surface area (Å²) in [6.07, 6.45) is 0.983. The molecule has 1 aliphatic rings. The lowest BCUT2D eigenvalue weighted by Crippen LogP contribution is -2.50. The van der Waals surface area contributed by atoms with Gasteiger partial charge in [0.2, 0.25) is 5.91 Å². The van der Waals surface area contributed by atoms with Crippen LogP contribution in [0.15, 0.2) is 0 Å². The number of amides is 1. The molecular weight excluding hydrogens is 230 g/mol. The van der Waals surface area contributed by atoms with E-state index in [1.165, 1.54) is 0 Å². The van der Waals surface area contributed by atoms with E-state index in [4.69, 9.17) is 4.74 Å². The number of ether oxygens (including phenoxy) is 1. The summed E-state index contributed by atoms with van der Waals surface area (Å²) in [7, 11) is 1.73. The SMILES string of the molecule is CCC(C)NC(=O)CN1CCN(CCOC)CC1.